The van der Waals surface area contributed by atoms with E-state index in [9.17, 15) is 9.59 Å². The average Bonchev–Trinajstić information content (AvgIpc) is 3.37. The third kappa shape index (κ3) is 3.84. The lowest BCUT2D eigenvalue weighted by atomic mass is 10.0. The number of aryl methyl sites for hydroxylation is 2. The third-order valence-corrected chi connectivity index (χ3v) is 6.69. The molecule has 0 unspecified atom stereocenters. The highest BCUT2D eigenvalue weighted by Crippen LogP contribution is 2.30. The van der Waals surface area contributed by atoms with E-state index in [1.807, 2.05) is 24.1 Å². The SMILES string of the molecule is Cc1noc(C)c1CN1CCc2c(C(=O)NCCN3CCCC3=O)csc2C1. The summed E-state index contributed by atoms with van der Waals surface area (Å²) < 4.78 is 5.27. The van der Waals surface area contributed by atoms with Crippen molar-refractivity contribution in [3.8, 4) is 0 Å². The van der Waals surface area contributed by atoms with E-state index < -0.39 is 0 Å². The summed E-state index contributed by atoms with van der Waals surface area (Å²) in [6.07, 6.45) is 2.43. The number of hydrogen-bond donors (Lipinski definition) is 1. The maximum absolute atomic E-state index is 12.6. The predicted molar refractivity (Wildman–Crippen MR) is 106 cm³/mol. The molecule has 1 N–H and O–H groups in total. The number of likely N-dealkylation sites (tertiary alicyclic amines) is 1. The third-order valence-electron chi connectivity index (χ3n) is 5.67. The van der Waals surface area contributed by atoms with Crippen LogP contribution < -0.4 is 5.32 Å². The second-order valence-corrected chi connectivity index (χ2v) is 8.52. The summed E-state index contributed by atoms with van der Waals surface area (Å²) in [5.74, 6) is 1.05. The van der Waals surface area contributed by atoms with Crippen molar-refractivity contribution in [2.45, 2.75) is 46.2 Å². The first-order valence-corrected chi connectivity index (χ1v) is 10.7. The van der Waals surface area contributed by atoms with Gasteiger partial charge < -0.3 is 14.7 Å². The van der Waals surface area contributed by atoms with Crippen molar-refractivity contribution in [1.82, 2.24) is 20.3 Å². The molecular formula is C20H26N4O3S. The van der Waals surface area contributed by atoms with Gasteiger partial charge in [0.2, 0.25) is 5.91 Å². The summed E-state index contributed by atoms with van der Waals surface area (Å²) >= 11 is 1.66. The van der Waals surface area contributed by atoms with Crippen LogP contribution in [-0.2, 0) is 24.3 Å². The van der Waals surface area contributed by atoms with Gasteiger partial charge in [-0.2, -0.15) is 0 Å². The predicted octanol–water partition coefficient (Wildman–Crippen LogP) is 2.26. The van der Waals surface area contributed by atoms with Gasteiger partial charge in [0.25, 0.3) is 5.91 Å². The number of amides is 2. The second-order valence-electron chi connectivity index (χ2n) is 7.55. The number of nitrogens with zero attached hydrogens (tertiary/aromatic N) is 3. The minimum Gasteiger partial charge on any atom is -0.361 e. The molecule has 7 nitrogen and oxygen atoms in total. The van der Waals surface area contributed by atoms with E-state index in [-0.39, 0.29) is 11.8 Å². The van der Waals surface area contributed by atoms with Gasteiger partial charge >= 0.3 is 0 Å². The van der Waals surface area contributed by atoms with Crippen molar-refractivity contribution in [1.29, 1.82) is 0 Å². The van der Waals surface area contributed by atoms with Crippen LogP contribution in [0.3, 0.4) is 0 Å². The quantitative estimate of drug-likeness (QED) is 0.802. The highest BCUT2D eigenvalue weighted by molar-refractivity contribution is 7.10. The molecule has 8 heteroatoms. The molecule has 0 bridgehead atoms. The Morgan fingerprint density at radius 1 is 1.32 bits per heavy atom. The lowest BCUT2D eigenvalue weighted by Crippen LogP contribution is -2.36. The number of hydrogen-bond acceptors (Lipinski definition) is 6. The Hall–Kier alpha value is -2.19. The van der Waals surface area contributed by atoms with Gasteiger partial charge in [0.05, 0.1) is 11.3 Å². The van der Waals surface area contributed by atoms with Gasteiger partial charge in [-0.3, -0.25) is 14.5 Å². The molecule has 0 radical (unpaired) electrons. The molecule has 2 aliphatic rings. The zero-order valence-corrected chi connectivity index (χ0v) is 17.2. The van der Waals surface area contributed by atoms with Crippen LogP contribution in [0, 0.1) is 13.8 Å². The second kappa shape index (κ2) is 8.05. The molecule has 150 valence electrons. The number of fused-ring (bicyclic) bond motifs is 1. The topological polar surface area (TPSA) is 78.7 Å². The summed E-state index contributed by atoms with van der Waals surface area (Å²) in [6, 6.07) is 0. The van der Waals surface area contributed by atoms with E-state index >= 15 is 0 Å². The first-order chi connectivity index (χ1) is 13.5. The fraction of sp³-hybridized carbons (Fsp3) is 0.550. The smallest absolute Gasteiger partial charge is 0.252 e. The lowest BCUT2D eigenvalue weighted by molar-refractivity contribution is -0.127. The zero-order valence-electron chi connectivity index (χ0n) is 16.4. The van der Waals surface area contributed by atoms with Crippen LogP contribution in [0.1, 0.15) is 50.7 Å². The zero-order chi connectivity index (χ0) is 19.7. The van der Waals surface area contributed by atoms with Crippen molar-refractivity contribution in [2.75, 3.05) is 26.2 Å². The molecule has 0 atom stereocenters. The molecule has 2 aromatic rings. The van der Waals surface area contributed by atoms with Crippen LogP contribution in [0.4, 0.5) is 0 Å². The molecule has 2 aromatic heterocycles. The summed E-state index contributed by atoms with van der Waals surface area (Å²) in [4.78, 5) is 29.7. The van der Waals surface area contributed by atoms with E-state index in [1.54, 1.807) is 11.3 Å². The molecule has 4 heterocycles. The number of carbonyl (C=O) groups is 2. The van der Waals surface area contributed by atoms with Gasteiger partial charge in [-0.25, -0.2) is 0 Å². The number of rotatable bonds is 6. The van der Waals surface area contributed by atoms with Crippen LogP contribution in [0.15, 0.2) is 9.90 Å². The first-order valence-electron chi connectivity index (χ1n) is 9.82. The summed E-state index contributed by atoms with van der Waals surface area (Å²) in [7, 11) is 0. The van der Waals surface area contributed by atoms with E-state index in [0.29, 0.717) is 19.5 Å². The van der Waals surface area contributed by atoms with Crippen LogP contribution in [0.25, 0.3) is 0 Å². The van der Waals surface area contributed by atoms with Gasteiger partial charge in [0.15, 0.2) is 0 Å². The molecule has 28 heavy (non-hydrogen) atoms. The van der Waals surface area contributed by atoms with E-state index in [1.165, 1.54) is 10.4 Å². The minimum absolute atomic E-state index is 0.0247. The van der Waals surface area contributed by atoms with Crippen molar-refractivity contribution >= 4 is 23.2 Å². The molecule has 0 spiro atoms. The highest BCUT2D eigenvalue weighted by Gasteiger charge is 2.25. The van der Waals surface area contributed by atoms with E-state index in [2.05, 4.69) is 15.4 Å². The molecule has 4 rings (SSSR count). The standard InChI is InChI=1S/C20H26N4O3S/c1-13-16(14(2)27-22-13)10-23-8-5-15-17(12-28-18(15)11-23)20(26)21-6-9-24-7-3-4-19(24)25/h12H,3-11H2,1-2H3,(H,21,26). The van der Waals surface area contributed by atoms with Crippen LogP contribution in [0.2, 0.25) is 0 Å². The van der Waals surface area contributed by atoms with E-state index in [0.717, 1.165) is 61.6 Å². The fourth-order valence-corrected chi connectivity index (χ4v) is 5.12. The van der Waals surface area contributed by atoms with Crippen LogP contribution in [-0.4, -0.2) is 52.9 Å². The molecule has 0 aliphatic carbocycles. The van der Waals surface area contributed by atoms with Gasteiger partial charge in [-0.1, -0.05) is 5.16 Å². The first kappa shape index (κ1) is 19.1. The normalized spacial score (nSPS) is 17.2. The molecule has 0 aromatic carbocycles. The maximum Gasteiger partial charge on any atom is 0.252 e. The van der Waals surface area contributed by atoms with Gasteiger partial charge in [-0.15, -0.1) is 11.3 Å². The molecule has 1 saturated heterocycles. The minimum atomic E-state index is -0.0247. The lowest BCUT2D eigenvalue weighted by Gasteiger charge is -2.27. The van der Waals surface area contributed by atoms with Gasteiger partial charge in [-0.05, 0) is 32.3 Å². The Morgan fingerprint density at radius 3 is 2.89 bits per heavy atom. The number of carbonyl (C=O) groups excluding carboxylic acids is 2. The monoisotopic (exact) mass is 402 g/mol. The Bertz CT molecular complexity index is 869. The van der Waals surface area contributed by atoms with Crippen molar-refractivity contribution in [2.24, 2.45) is 0 Å². The van der Waals surface area contributed by atoms with Crippen molar-refractivity contribution < 1.29 is 14.1 Å². The summed E-state index contributed by atoms with van der Waals surface area (Å²) in [5.41, 5.74) is 4.08. The maximum atomic E-state index is 12.6. The number of aromatic nitrogens is 1. The Morgan fingerprint density at radius 2 is 2.18 bits per heavy atom. The van der Waals surface area contributed by atoms with Gasteiger partial charge in [0.1, 0.15) is 5.76 Å². The molecule has 1 fully saturated rings. The fourth-order valence-electron chi connectivity index (χ4n) is 4.00. The summed E-state index contributed by atoms with van der Waals surface area (Å²) in [5, 5.41) is 9.00. The van der Waals surface area contributed by atoms with Crippen LogP contribution >= 0.6 is 11.3 Å². The van der Waals surface area contributed by atoms with Crippen LogP contribution in [0.5, 0.6) is 0 Å². The largest absolute Gasteiger partial charge is 0.361 e. The molecular weight excluding hydrogens is 376 g/mol. The Labute approximate surface area is 168 Å². The number of nitrogens with one attached hydrogen (secondary N) is 1. The van der Waals surface area contributed by atoms with Gasteiger partial charge in [0, 0.05) is 61.5 Å². The summed E-state index contributed by atoms with van der Waals surface area (Å²) in [6.45, 7) is 8.43. The van der Waals surface area contributed by atoms with Crippen molar-refractivity contribution in [3.63, 3.8) is 0 Å². The molecule has 0 saturated carbocycles. The molecule has 2 aliphatic heterocycles. The average molecular weight is 403 g/mol. The Kier molecular flexibility index (Phi) is 5.50. The molecule has 2 amide bonds. The number of thiophene rings is 1. The van der Waals surface area contributed by atoms with Crippen molar-refractivity contribution in [3.05, 3.63) is 38.4 Å². The Balaban J connectivity index is 1.34. The highest BCUT2D eigenvalue weighted by atomic mass is 32.1. The van der Waals surface area contributed by atoms with E-state index in [4.69, 9.17) is 4.52 Å².